The molecule has 0 bridgehead atoms. The molecule has 0 radical (unpaired) electrons. The van der Waals surface area contributed by atoms with E-state index in [4.69, 9.17) is 9.84 Å². The molecular weight excluding hydrogens is 178 g/mol. The van der Waals surface area contributed by atoms with Gasteiger partial charge in [-0.25, -0.2) is 0 Å². The smallest absolute Gasteiger partial charge is 0.0932 e. The summed E-state index contributed by atoms with van der Waals surface area (Å²) >= 11 is 0. The van der Waals surface area contributed by atoms with Crippen molar-refractivity contribution >= 4 is 0 Å². The van der Waals surface area contributed by atoms with Crippen LogP contribution in [0.3, 0.4) is 0 Å². The first-order chi connectivity index (χ1) is 6.51. The van der Waals surface area contributed by atoms with Gasteiger partial charge in [-0.15, -0.1) is 0 Å². The average Bonchev–Trinajstić information content (AvgIpc) is 2.14. The number of hydrogen-bond acceptors (Lipinski definition) is 3. The zero-order valence-electron chi connectivity index (χ0n) is 9.62. The van der Waals surface area contributed by atoms with Crippen LogP contribution in [-0.4, -0.2) is 49.0 Å². The minimum absolute atomic E-state index is 0.0312. The molecule has 1 fully saturated rings. The Morgan fingerprint density at radius 1 is 1.43 bits per heavy atom. The lowest BCUT2D eigenvalue weighted by atomic mass is 9.92. The molecule has 0 aromatic heterocycles. The first kappa shape index (κ1) is 12.0. The maximum atomic E-state index is 8.99. The third-order valence-electron chi connectivity index (χ3n) is 2.60. The fourth-order valence-corrected chi connectivity index (χ4v) is 1.59. The fourth-order valence-electron chi connectivity index (χ4n) is 1.59. The predicted molar refractivity (Wildman–Crippen MR) is 57.3 cm³/mol. The van der Waals surface area contributed by atoms with Gasteiger partial charge >= 0.3 is 0 Å². The standard InChI is InChI=1S/C11H23NO2/c1-11(2,3)4-5-12-6-7-14-10(8-12)9-13/h10,13H,4-9H2,1-3H3. The van der Waals surface area contributed by atoms with Crippen LogP contribution < -0.4 is 0 Å². The molecule has 1 heterocycles. The summed E-state index contributed by atoms with van der Waals surface area (Å²) in [4.78, 5) is 2.38. The Labute approximate surface area is 87.1 Å². The van der Waals surface area contributed by atoms with Crippen molar-refractivity contribution in [2.24, 2.45) is 5.41 Å². The van der Waals surface area contributed by atoms with Crippen molar-refractivity contribution in [1.29, 1.82) is 0 Å². The van der Waals surface area contributed by atoms with E-state index in [-0.39, 0.29) is 12.7 Å². The maximum absolute atomic E-state index is 8.99. The molecule has 1 aliphatic rings. The van der Waals surface area contributed by atoms with Gasteiger partial charge in [-0.1, -0.05) is 20.8 Å². The zero-order chi connectivity index (χ0) is 10.6. The Balaban J connectivity index is 2.24. The minimum Gasteiger partial charge on any atom is -0.394 e. The summed E-state index contributed by atoms with van der Waals surface area (Å²) < 4.78 is 5.40. The summed E-state index contributed by atoms with van der Waals surface area (Å²) in [7, 11) is 0. The summed E-state index contributed by atoms with van der Waals surface area (Å²) in [5.41, 5.74) is 0.396. The second kappa shape index (κ2) is 5.10. The largest absolute Gasteiger partial charge is 0.394 e. The molecule has 3 heteroatoms. The predicted octanol–water partition coefficient (Wildman–Crippen LogP) is 1.12. The van der Waals surface area contributed by atoms with Crippen molar-refractivity contribution in [3.8, 4) is 0 Å². The Morgan fingerprint density at radius 2 is 2.14 bits per heavy atom. The second-order valence-corrected chi connectivity index (χ2v) is 5.29. The highest BCUT2D eigenvalue weighted by atomic mass is 16.5. The van der Waals surface area contributed by atoms with Crippen molar-refractivity contribution in [1.82, 2.24) is 4.90 Å². The van der Waals surface area contributed by atoms with Crippen LogP contribution in [0.5, 0.6) is 0 Å². The van der Waals surface area contributed by atoms with Crippen molar-refractivity contribution in [2.45, 2.75) is 33.3 Å². The van der Waals surface area contributed by atoms with Gasteiger partial charge in [-0.3, -0.25) is 4.90 Å². The van der Waals surface area contributed by atoms with E-state index in [0.29, 0.717) is 5.41 Å². The van der Waals surface area contributed by atoms with E-state index in [1.54, 1.807) is 0 Å². The lowest BCUT2D eigenvalue weighted by Crippen LogP contribution is -2.44. The zero-order valence-corrected chi connectivity index (χ0v) is 9.62. The van der Waals surface area contributed by atoms with Gasteiger partial charge in [-0.05, 0) is 18.4 Å². The number of nitrogens with zero attached hydrogens (tertiary/aromatic N) is 1. The summed E-state index contributed by atoms with van der Waals surface area (Å²) in [6.45, 7) is 10.7. The number of aliphatic hydroxyl groups is 1. The normalized spacial score (nSPS) is 25.3. The Kier molecular flexibility index (Phi) is 4.35. The molecule has 0 aliphatic carbocycles. The summed E-state index contributed by atoms with van der Waals surface area (Å²) in [6, 6.07) is 0. The van der Waals surface area contributed by atoms with Crippen LogP contribution in [-0.2, 0) is 4.74 Å². The van der Waals surface area contributed by atoms with Gasteiger partial charge in [-0.2, -0.15) is 0 Å². The van der Waals surface area contributed by atoms with Crippen LogP contribution >= 0.6 is 0 Å². The first-order valence-corrected chi connectivity index (χ1v) is 5.46. The molecule has 84 valence electrons. The number of rotatable bonds is 3. The van der Waals surface area contributed by atoms with Gasteiger partial charge in [0.05, 0.1) is 19.3 Å². The quantitative estimate of drug-likeness (QED) is 0.742. The lowest BCUT2D eigenvalue weighted by Gasteiger charge is -2.33. The third-order valence-corrected chi connectivity index (χ3v) is 2.60. The van der Waals surface area contributed by atoms with E-state index >= 15 is 0 Å². The van der Waals surface area contributed by atoms with Crippen LogP contribution in [0.25, 0.3) is 0 Å². The SMILES string of the molecule is CC(C)(C)CCN1CCOC(CO)C1. The van der Waals surface area contributed by atoms with E-state index in [1.807, 2.05) is 0 Å². The van der Waals surface area contributed by atoms with E-state index in [2.05, 4.69) is 25.7 Å². The van der Waals surface area contributed by atoms with E-state index in [1.165, 1.54) is 6.42 Å². The second-order valence-electron chi connectivity index (χ2n) is 5.29. The molecule has 1 rings (SSSR count). The average molecular weight is 201 g/mol. The molecule has 0 amide bonds. The Bertz CT molecular complexity index is 165. The van der Waals surface area contributed by atoms with Gasteiger partial charge < -0.3 is 9.84 Å². The van der Waals surface area contributed by atoms with Crippen LogP contribution in [0.15, 0.2) is 0 Å². The topological polar surface area (TPSA) is 32.7 Å². The maximum Gasteiger partial charge on any atom is 0.0932 e. The molecule has 0 aromatic carbocycles. The van der Waals surface area contributed by atoms with Crippen molar-refractivity contribution in [2.75, 3.05) is 32.8 Å². The van der Waals surface area contributed by atoms with Gasteiger partial charge in [0.15, 0.2) is 0 Å². The van der Waals surface area contributed by atoms with Crippen LogP contribution in [0.4, 0.5) is 0 Å². The Hall–Kier alpha value is -0.120. The van der Waals surface area contributed by atoms with Crippen LogP contribution in [0.2, 0.25) is 0 Å². The van der Waals surface area contributed by atoms with Gasteiger partial charge in [0, 0.05) is 13.1 Å². The molecular formula is C11H23NO2. The molecule has 3 nitrogen and oxygen atoms in total. The molecule has 0 saturated carbocycles. The molecule has 1 aliphatic heterocycles. The van der Waals surface area contributed by atoms with E-state index < -0.39 is 0 Å². The fraction of sp³-hybridized carbons (Fsp3) is 1.00. The number of morpholine rings is 1. The van der Waals surface area contributed by atoms with E-state index in [9.17, 15) is 0 Å². The van der Waals surface area contributed by atoms with Crippen LogP contribution in [0, 0.1) is 5.41 Å². The first-order valence-electron chi connectivity index (χ1n) is 5.46. The number of hydrogen-bond donors (Lipinski definition) is 1. The van der Waals surface area contributed by atoms with Gasteiger partial charge in [0.2, 0.25) is 0 Å². The summed E-state index contributed by atoms with van der Waals surface area (Å²) in [6.07, 6.45) is 1.23. The molecule has 1 unspecified atom stereocenters. The Morgan fingerprint density at radius 3 is 2.71 bits per heavy atom. The molecule has 1 atom stereocenters. The van der Waals surface area contributed by atoms with E-state index in [0.717, 1.165) is 26.2 Å². The van der Waals surface area contributed by atoms with Crippen LogP contribution in [0.1, 0.15) is 27.2 Å². The lowest BCUT2D eigenvalue weighted by molar-refractivity contribution is -0.0545. The highest BCUT2D eigenvalue weighted by molar-refractivity contribution is 4.73. The molecule has 14 heavy (non-hydrogen) atoms. The summed E-state index contributed by atoms with van der Waals surface area (Å²) in [5, 5.41) is 8.99. The highest BCUT2D eigenvalue weighted by Gasteiger charge is 2.20. The summed E-state index contributed by atoms with van der Waals surface area (Å²) in [5.74, 6) is 0. The number of ether oxygens (including phenoxy) is 1. The van der Waals surface area contributed by atoms with Gasteiger partial charge in [0.25, 0.3) is 0 Å². The van der Waals surface area contributed by atoms with Crippen molar-refractivity contribution in [3.63, 3.8) is 0 Å². The molecule has 0 spiro atoms. The molecule has 1 N–H and O–H groups in total. The number of aliphatic hydroxyl groups excluding tert-OH is 1. The monoisotopic (exact) mass is 201 g/mol. The minimum atomic E-state index is 0.0312. The third kappa shape index (κ3) is 4.40. The van der Waals surface area contributed by atoms with Crippen molar-refractivity contribution < 1.29 is 9.84 Å². The van der Waals surface area contributed by atoms with Gasteiger partial charge in [0.1, 0.15) is 0 Å². The highest BCUT2D eigenvalue weighted by Crippen LogP contribution is 2.19. The molecule has 0 aromatic rings. The molecule has 1 saturated heterocycles. The van der Waals surface area contributed by atoms with Crippen molar-refractivity contribution in [3.05, 3.63) is 0 Å².